The molecule has 2 aliphatic heterocycles. The summed E-state index contributed by atoms with van der Waals surface area (Å²) in [6.07, 6.45) is 2.81. The zero-order valence-corrected chi connectivity index (χ0v) is 22.2. The number of hydrogen-bond donors (Lipinski definition) is 1. The second-order valence-electron chi connectivity index (χ2n) is 8.61. The van der Waals surface area contributed by atoms with Gasteiger partial charge in [-0.1, -0.05) is 13.3 Å². The third-order valence-electron chi connectivity index (χ3n) is 5.72. The van der Waals surface area contributed by atoms with Crippen LogP contribution in [-0.4, -0.2) is 77.8 Å². The molecular weight excluding hydrogens is 436 g/mol. The van der Waals surface area contributed by atoms with Gasteiger partial charge in [0, 0.05) is 24.5 Å². The molecule has 2 unspecified atom stereocenters. The van der Waals surface area contributed by atoms with Gasteiger partial charge in [-0.3, -0.25) is 4.68 Å². The molecule has 0 amide bonds. The van der Waals surface area contributed by atoms with Gasteiger partial charge in [0.1, 0.15) is 12.7 Å². The van der Waals surface area contributed by atoms with Crippen LogP contribution in [0.15, 0.2) is 12.7 Å². The van der Waals surface area contributed by atoms with Gasteiger partial charge in [0.25, 0.3) is 0 Å². The molecule has 1 aromatic rings. The van der Waals surface area contributed by atoms with Gasteiger partial charge in [0.2, 0.25) is 0 Å². The standard InChI is InChI=1S/C11H19F3N4.C9H17N2O.K/c1-3-4-9(2)16-5-10(11(12,13)14)6-18-8-15-7-17-18;10-5-9(7-12-8-9)6-11-3-1-2-4-11;/h7-10,16H,3-6H2,1-2H3;10H,1-8H2;/q;-1;+1. The van der Waals surface area contributed by atoms with Gasteiger partial charge in [0.05, 0.1) is 25.7 Å². The largest absolute Gasteiger partial charge is 1.00 e. The molecule has 174 valence electrons. The van der Waals surface area contributed by atoms with E-state index in [0.717, 1.165) is 32.6 Å². The first-order valence-electron chi connectivity index (χ1n) is 10.8. The van der Waals surface area contributed by atoms with Crippen LogP contribution in [-0.2, 0) is 11.3 Å². The number of nitrogens with one attached hydrogen (secondary N) is 2. The first-order valence-corrected chi connectivity index (χ1v) is 10.8. The topological polar surface area (TPSA) is 79.0 Å². The normalized spacial score (nSPS) is 20.2. The molecule has 0 spiro atoms. The van der Waals surface area contributed by atoms with Crippen molar-refractivity contribution in [3.05, 3.63) is 18.4 Å². The van der Waals surface area contributed by atoms with Crippen molar-refractivity contribution < 1.29 is 69.3 Å². The van der Waals surface area contributed by atoms with Crippen molar-refractivity contribution in [1.82, 2.24) is 25.0 Å². The fourth-order valence-corrected chi connectivity index (χ4v) is 3.77. The number of nitrogens with zero attached hydrogens (tertiary/aromatic N) is 4. The Bertz CT molecular complexity index is 574. The van der Waals surface area contributed by atoms with Crippen molar-refractivity contribution in [3.63, 3.8) is 0 Å². The van der Waals surface area contributed by atoms with Crippen LogP contribution in [0.5, 0.6) is 0 Å². The van der Waals surface area contributed by atoms with Crippen molar-refractivity contribution >= 4 is 0 Å². The maximum atomic E-state index is 12.8. The Morgan fingerprint density at radius 2 is 1.94 bits per heavy atom. The SMILES string of the molecule is CCCC(C)NCC(Cn1cncn1)C(F)(F)F.[K+].[NH-]CC1(CN2CCCC2)COC1. The summed E-state index contributed by atoms with van der Waals surface area (Å²) in [5.41, 5.74) is 7.66. The average Bonchev–Trinajstić information content (AvgIpc) is 3.35. The van der Waals surface area contributed by atoms with Gasteiger partial charge in [-0.15, -0.1) is 6.54 Å². The Balaban J connectivity index is 0.000000321. The van der Waals surface area contributed by atoms with Crippen LogP contribution >= 0.6 is 0 Å². The molecule has 2 saturated heterocycles. The molecule has 31 heavy (non-hydrogen) atoms. The third-order valence-corrected chi connectivity index (χ3v) is 5.72. The maximum absolute atomic E-state index is 12.8. The predicted octanol–water partition coefficient (Wildman–Crippen LogP) is 0.390. The number of aromatic nitrogens is 3. The van der Waals surface area contributed by atoms with E-state index in [1.54, 1.807) is 0 Å². The van der Waals surface area contributed by atoms with E-state index in [9.17, 15) is 13.2 Å². The van der Waals surface area contributed by atoms with Crippen molar-refractivity contribution in [2.75, 3.05) is 45.9 Å². The van der Waals surface area contributed by atoms with E-state index in [4.69, 9.17) is 10.5 Å². The van der Waals surface area contributed by atoms with Crippen LogP contribution in [0.3, 0.4) is 0 Å². The Hall–Kier alpha value is 0.406. The molecule has 3 rings (SSSR count). The van der Waals surface area contributed by atoms with Crippen LogP contribution in [0.4, 0.5) is 13.2 Å². The molecule has 2 atom stereocenters. The van der Waals surface area contributed by atoms with Crippen LogP contribution < -0.4 is 56.7 Å². The summed E-state index contributed by atoms with van der Waals surface area (Å²) < 4.78 is 44.9. The molecule has 2 aliphatic rings. The zero-order chi connectivity index (χ0) is 22.0. The number of likely N-dealkylation sites (tertiary alicyclic amines) is 1. The van der Waals surface area contributed by atoms with Gasteiger partial charge >= 0.3 is 57.6 Å². The molecule has 2 fully saturated rings. The van der Waals surface area contributed by atoms with Crippen molar-refractivity contribution in [1.29, 1.82) is 0 Å². The molecule has 7 nitrogen and oxygen atoms in total. The summed E-state index contributed by atoms with van der Waals surface area (Å²) in [4.78, 5) is 6.13. The second kappa shape index (κ2) is 14.6. The summed E-state index contributed by atoms with van der Waals surface area (Å²) in [5.74, 6) is -1.45. The molecule has 11 heteroatoms. The molecule has 0 saturated carbocycles. The molecule has 3 heterocycles. The van der Waals surface area contributed by atoms with Gasteiger partial charge in [-0.2, -0.15) is 18.3 Å². The molecule has 1 aromatic heterocycles. The maximum Gasteiger partial charge on any atom is 1.00 e. The first kappa shape index (κ1) is 29.4. The minimum atomic E-state index is -4.23. The monoisotopic (exact) mass is 472 g/mol. The summed E-state index contributed by atoms with van der Waals surface area (Å²) in [5, 5.41) is 6.63. The summed E-state index contributed by atoms with van der Waals surface area (Å²) in [6.45, 7) is 9.34. The predicted molar refractivity (Wildman–Crippen MR) is 110 cm³/mol. The average molecular weight is 473 g/mol. The van der Waals surface area contributed by atoms with Crippen LogP contribution in [0.25, 0.3) is 5.73 Å². The molecule has 0 aromatic carbocycles. The summed E-state index contributed by atoms with van der Waals surface area (Å²) in [7, 11) is 0. The summed E-state index contributed by atoms with van der Waals surface area (Å²) in [6, 6.07) is 0.0931. The van der Waals surface area contributed by atoms with E-state index in [-0.39, 0.29) is 75.9 Å². The molecule has 2 N–H and O–H groups in total. The number of ether oxygens (including phenoxy) is 1. The number of hydrogen-bond acceptors (Lipinski definition) is 5. The summed E-state index contributed by atoms with van der Waals surface area (Å²) >= 11 is 0. The zero-order valence-electron chi connectivity index (χ0n) is 19.1. The van der Waals surface area contributed by atoms with Crippen LogP contribution in [0.2, 0.25) is 0 Å². The van der Waals surface area contributed by atoms with Gasteiger partial charge in [0.15, 0.2) is 0 Å². The Labute approximate surface area is 226 Å². The van der Waals surface area contributed by atoms with E-state index in [1.807, 2.05) is 13.8 Å². The van der Waals surface area contributed by atoms with Crippen molar-refractivity contribution in [2.45, 2.75) is 58.3 Å². The second-order valence-corrected chi connectivity index (χ2v) is 8.61. The molecule has 0 aliphatic carbocycles. The van der Waals surface area contributed by atoms with Crippen LogP contribution in [0, 0.1) is 11.3 Å². The first-order chi connectivity index (χ1) is 14.3. The van der Waals surface area contributed by atoms with Gasteiger partial charge in [-0.25, -0.2) is 4.98 Å². The quantitative estimate of drug-likeness (QED) is 0.499. The number of halogens is 3. The Morgan fingerprint density at radius 1 is 1.26 bits per heavy atom. The van der Waals surface area contributed by atoms with E-state index in [2.05, 4.69) is 20.3 Å². The number of alkyl halides is 3. The van der Waals surface area contributed by atoms with E-state index in [0.29, 0.717) is 6.54 Å². The van der Waals surface area contributed by atoms with E-state index >= 15 is 0 Å². The van der Waals surface area contributed by atoms with Gasteiger partial charge in [-0.05, 0) is 39.3 Å². The minimum absolute atomic E-state index is 0. The van der Waals surface area contributed by atoms with Crippen molar-refractivity contribution in [2.24, 2.45) is 11.3 Å². The van der Waals surface area contributed by atoms with E-state index in [1.165, 1.54) is 43.3 Å². The van der Waals surface area contributed by atoms with Crippen molar-refractivity contribution in [3.8, 4) is 0 Å². The van der Waals surface area contributed by atoms with E-state index < -0.39 is 12.1 Å². The van der Waals surface area contributed by atoms with Crippen LogP contribution in [0.1, 0.15) is 39.5 Å². The minimum Gasteiger partial charge on any atom is -0.677 e. The smallest absolute Gasteiger partial charge is 0.677 e. The third kappa shape index (κ3) is 10.5. The molecule has 0 bridgehead atoms. The fourth-order valence-electron chi connectivity index (χ4n) is 3.77. The number of rotatable bonds is 10. The Kier molecular flexibility index (Phi) is 13.9. The molecular formula is C20H36F3KN6O. The molecule has 0 radical (unpaired) electrons. The van der Waals surface area contributed by atoms with Gasteiger partial charge < -0.3 is 20.7 Å². The fraction of sp³-hybridized carbons (Fsp3) is 0.900. The Morgan fingerprint density at radius 3 is 2.39 bits per heavy atom.